The van der Waals surface area contributed by atoms with Gasteiger partial charge in [-0.1, -0.05) is 11.6 Å². The molecule has 0 saturated carbocycles. The summed E-state index contributed by atoms with van der Waals surface area (Å²) in [6.45, 7) is 1.61. The number of aryl methyl sites for hydroxylation is 1. The third-order valence-electron chi connectivity index (χ3n) is 2.03. The summed E-state index contributed by atoms with van der Waals surface area (Å²) in [6.07, 6.45) is 1.30. The van der Waals surface area contributed by atoms with Crippen LogP contribution in [0.15, 0.2) is 23.1 Å². The van der Waals surface area contributed by atoms with E-state index in [1.165, 1.54) is 12.3 Å². The van der Waals surface area contributed by atoms with E-state index in [1.807, 2.05) is 0 Å². The Kier molecular flexibility index (Phi) is 2.70. The minimum atomic E-state index is -0.632. The van der Waals surface area contributed by atoms with Crippen LogP contribution in [-0.2, 0) is 0 Å². The maximum absolute atomic E-state index is 12.9. The number of nitrogens with one attached hydrogen (secondary N) is 1. The van der Waals surface area contributed by atoms with Crippen LogP contribution >= 0.6 is 11.6 Å². The Morgan fingerprint density at radius 2 is 2.25 bits per heavy atom. The SMILES string of the molecule is Cc1nc(-c2ccnc(F)c2)[nH]c(=O)c1Cl. The van der Waals surface area contributed by atoms with Gasteiger partial charge in [-0.15, -0.1) is 0 Å². The van der Waals surface area contributed by atoms with E-state index < -0.39 is 11.5 Å². The van der Waals surface area contributed by atoms with Crippen LogP contribution in [0.5, 0.6) is 0 Å². The average Bonchev–Trinajstić information content (AvgIpc) is 2.25. The highest BCUT2D eigenvalue weighted by Crippen LogP contribution is 2.15. The summed E-state index contributed by atoms with van der Waals surface area (Å²) in [5, 5.41) is 0.0401. The predicted octanol–water partition coefficient (Wildman–Crippen LogP) is 1.93. The van der Waals surface area contributed by atoms with Gasteiger partial charge in [-0.05, 0) is 13.0 Å². The van der Waals surface area contributed by atoms with Gasteiger partial charge in [-0.2, -0.15) is 4.39 Å². The van der Waals surface area contributed by atoms with E-state index in [2.05, 4.69) is 15.0 Å². The van der Waals surface area contributed by atoms with Crippen molar-refractivity contribution in [3.8, 4) is 11.4 Å². The zero-order valence-corrected chi connectivity index (χ0v) is 9.05. The highest BCUT2D eigenvalue weighted by atomic mass is 35.5. The molecule has 0 amide bonds. The molecule has 0 aliphatic carbocycles. The first-order valence-corrected chi connectivity index (χ1v) is 4.84. The van der Waals surface area contributed by atoms with Crippen LogP contribution in [0.2, 0.25) is 5.02 Å². The molecule has 0 aliphatic rings. The Hall–Kier alpha value is -1.75. The third kappa shape index (κ3) is 1.94. The van der Waals surface area contributed by atoms with Crippen LogP contribution in [0.25, 0.3) is 11.4 Å². The average molecular weight is 240 g/mol. The molecule has 1 N–H and O–H groups in total. The van der Waals surface area contributed by atoms with Crippen molar-refractivity contribution in [2.75, 3.05) is 0 Å². The fraction of sp³-hybridized carbons (Fsp3) is 0.100. The second kappa shape index (κ2) is 4.02. The quantitative estimate of drug-likeness (QED) is 0.774. The van der Waals surface area contributed by atoms with E-state index in [9.17, 15) is 9.18 Å². The molecule has 0 fully saturated rings. The van der Waals surface area contributed by atoms with Crippen molar-refractivity contribution >= 4 is 11.6 Å². The predicted molar refractivity (Wildman–Crippen MR) is 57.8 cm³/mol. The number of pyridine rings is 1. The molecule has 2 heterocycles. The first kappa shape index (κ1) is 10.8. The molecule has 0 saturated heterocycles. The standard InChI is InChI=1S/C10H7ClFN3O/c1-5-8(11)10(16)15-9(14-5)6-2-3-13-7(12)4-6/h2-4H,1H3,(H,14,15,16). The molecular formula is C10H7ClFN3O. The molecule has 82 valence electrons. The maximum Gasteiger partial charge on any atom is 0.270 e. The molecule has 0 unspecified atom stereocenters. The number of H-pyrrole nitrogens is 1. The van der Waals surface area contributed by atoms with Gasteiger partial charge in [0.15, 0.2) is 0 Å². The van der Waals surface area contributed by atoms with Crippen LogP contribution in [0, 0.1) is 12.9 Å². The van der Waals surface area contributed by atoms with Gasteiger partial charge in [0.05, 0.1) is 5.69 Å². The first-order chi connectivity index (χ1) is 7.58. The molecular weight excluding hydrogens is 233 g/mol. The molecule has 0 spiro atoms. The third-order valence-corrected chi connectivity index (χ3v) is 2.47. The summed E-state index contributed by atoms with van der Waals surface area (Å²) >= 11 is 5.68. The van der Waals surface area contributed by atoms with E-state index in [4.69, 9.17) is 11.6 Å². The van der Waals surface area contributed by atoms with Crippen LogP contribution in [-0.4, -0.2) is 15.0 Å². The van der Waals surface area contributed by atoms with E-state index >= 15 is 0 Å². The summed E-state index contributed by atoms with van der Waals surface area (Å²) in [6, 6.07) is 2.74. The van der Waals surface area contributed by atoms with Crippen LogP contribution in [0.3, 0.4) is 0 Å². The van der Waals surface area contributed by atoms with Crippen molar-refractivity contribution in [3.05, 3.63) is 45.3 Å². The molecule has 0 bridgehead atoms. The second-order valence-corrected chi connectivity index (χ2v) is 3.56. The van der Waals surface area contributed by atoms with Gasteiger partial charge in [0.1, 0.15) is 10.8 Å². The van der Waals surface area contributed by atoms with Crippen molar-refractivity contribution in [2.24, 2.45) is 0 Å². The maximum atomic E-state index is 12.9. The summed E-state index contributed by atoms with van der Waals surface area (Å²) in [5.74, 6) is -0.360. The van der Waals surface area contributed by atoms with E-state index in [0.717, 1.165) is 0 Å². The molecule has 0 aromatic carbocycles. The first-order valence-electron chi connectivity index (χ1n) is 4.46. The molecule has 2 rings (SSSR count). The van der Waals surface area contributed by atoms with Crippen molar-refractivity contribution in [2.45, 2.75) is 6.92 Å². The van der Waals surface area contributed by atoms with Crippen LogP contribution in [0.1, 0.15) is 5.69 Å². The van der Waals surface area contributed by atoms with Gasteiger partial charge in [0.2, 0.25) is 5.95 Å². The molecule has 2 aromatic rings. The monoisotopic (exact) mass is 239 g/mol. The molecule has 0 atom stereocenters. The van der Waals surface area contributed by atoms with Gasteiger partial charge in [0, 0.05) is 17.8 Å². The lowest BCUT2D eigenvalue weighted by molar-refractivity contribution is 0.584. The lowest BCUT2D eigenvalue weighted by Crippen LogP contribution is -2.11. The lowest BCUT2D eigenvalue weighted by atomic mass is 10.2. The molecule has 4 nitrogen and oxygen atoms in total. The number of hydrogen-bond acceptors (Lipinski definition) is 3. The fourth-order valence-corrected chi connectivity index (χ4v) is 1.35. The Morgan fingerprint density at radius 3 is 2.88 bits per heavy atom. The largest absolute Gasteiger partial charge is 0.305 e. The van der Waals surface area contributed by atoms with Crippen molar-refractivity contribution < 1.29 is 4.39 Å². The highest BCUT2D eigenvalue weighted by molar-refractivity contribution is 6.30. The van der Waals surface area contributed by atoms with Crippen molar-refractivity contribution in [1.29, 1.82) is 0 Å². The van der Waals surface area contributed by atoms with E-state index in [0.29, 0.717) is 11.3 Å². The summed E-state index contributed by atoms with van der Waals surface area (Å²) in [4.78, 5) is 21.3. The number of aromatic nitrogens is 3. The molecule has 2 aromatic heterocycles. The van der Waals surface area contributed by atoms with Gasteiger partial charge in [0.25, 0.3) is 5.56 Å². The second-order valence-electron chi connectivity index (χ2n) is 3.18. The van der Waals surface area contributed by atoms with Crippen LogP contribution < -0.4 is 5.56 Å². The molecule has 0 aliphatic heterocycles. The summed E-state index contributed by atoms with van der Waals surface area (Å²) in [5.41, 5.74) is 0.406. The minimum absolute atomic E-state index is 0.0401. The number of aromatic amines is 1. The van der Waals surface area contributed by atoms with Gasteiger partial charge in [-0.25, -0.2) is 9.97 Å². The minimum Gasteiger partial charge on any atom is -0.305 e. The zero-order valence-electron chi connectivity index (χ0n) is 8.29. The molecule has 16 heavy (non-hydrogen) atoms. The number of nitrogens with zero attached hydrogens (tertiary/aromatic N) is 2. The van der Waals surface area contributed by atoms with Gasteiger partial charge < -0.3 is 4.98 Å². The fourth-order valence-electron chi connectivity index (χ4n) is 1.26. The van der Waals surface area contributed by atoms with Gasteiger partial charge in [-0.3, -0.25) is 4.79 Å². The van der Waals surface area contributed by atoms with Crippen LogP contribution in [0.4, 0.5) is 4.39 Å². The number of hydrogen-bond donors (Lipinski definition) is 1. The number of halogens is 2. The van der Waals surface area contributed by atoms with Crippen molar-refractivity contribution in [1.82, 2.24) is 15.0 Å². The smallest absolute Gasteiger partial charge is 0.270 e. The summed E-state index contributed by atoms with van der Waals surface area (Å²) in [7, 11) is 0. The Balaban J connectivity index is 2.61. The lowest BCUT2D eigenvalue weighted by Gasteiger charge is -2.02. The topological polar surface area (TPSA) is 58.6 Å². The van der Waals surface area contributed by atoms with Crippen molar-refractivity contribution in [3.63, 3.8) is 0 Å². The van der Waals surface area contributed by atoms with Gasteiger partial charge >= 0.3 is 0 Å². The zero-order chi connectivity index (χ0) is 11.7. The highest BCUT2D eigenvalue weighted by Gasteiger charge is 2.07. The Bertz CT molecular complexity index is 597. The normalized spacial score (nSPS) is 10.4. The molecule has 0 radical (unpaired) electrons. The Morgan fingerprint density at radius 1 is 1.50 bits per heavy atom. The molecule has 6 heteroatoms. The van der Waals surface area contributed by atoms with E-state index in [1.54, 1.807) is 13.0 Å². The summed E-state index contributed by atoms with van der Waals surface area (Å²) < 4.78 is 12.9. The number of rotatable bonds is 1. The van der Waals surface area contributed by atoms with E-state index in [-0.39, 0.29) is 10.8 Å². The Labute approximate surface area is 95.1 Å².